The van der Waals surface area contributed by atoms with Crippen LogP contribution in [0.1, 0.15) is 13.8 Å². The van der Waals surface area contributed by atoms with Gasteiger partial charge in [-0.3, -0.25) is 14.4 Å². The summed E-state index contributed by atoms with van der Waals surface area (Å²) in [5, 5.41) is 9.06. The van der Waals surface area contributed by atoms with Crippen LogP contribution in [0.4, 0.5) is 16.2 Å². The molecule has 0 saturated carbocycles. The minimum absolute atomic E-state index is 0.115. The lowest BCUT2D eigenvalue weighted by atomic mass is 9.82. The van der Waals surface area contributed by atoms with Crippen molar-refractivity contribution in [1.82, 2.24) is 10.2 Å². The Morgan fingerprint density at radius 3 is 2.68 bits per heavy atom. The van der Waals surface area contributed by atoms with Crippen LogP contribution >= 0.6 is 0 Å². The number of hydrogen-bond donors (Lipinski definition) is 4. The van der Waals surface area contributed by atoms with Gasteiger partial charge >= 0.3 is 6.09 Å². The molecule has 4 unspecified atom stereocenters. The summed E-state index contributed by atoms with van der Waals surface area (Å²) < 4.78 is 11.1. The second-order valence-corrected chi connectivity index (χ2v) is 8.81. The molecule has 2 fully saturated rings. The van der Waals surface area contributed by atoms with Crippen LogP contribution in [0.2, 0.25) is 0 Å². The number of methoxy groups -OCH3 is 1. The number of rotatable bonds is 6. The molecular formula is C23H25N5O6. The van der Waals surface area contributed by atoms with E-state index in [1.165, 1.54) is 14.0 Å². The standard InChI is InChI=1S/C23H25N5O6/c1-10-17(26-13-6-4-5-12(7-13)25-11(2)29)20(31)16-14(9-34-22(24)32)23(33-3)21-15(27-21)8-28(23)18(16)19(10)30/h4-7,14-15,21,26-27H,8-9H2,1-3H3,(H2,24,32)(H,25,29). The van der Waals surface area contributed by atoms with Crippen LogP contribution in [-0.2, 0) is 23.9 Å². The van der Waals surface area contributed by atoms with E-state index in [2.05, 4.69) is 16.0 Å². The number of nitrogens with two attached hydrogens (primary N) is 1. The van der Waals surface area contributed by atoms with Crippen molar-refractivity contribution in [2.24, 2.45) is 11.7 Å². The van der Waals surface area contributed by atoms with Crippen LogP contribution in [0, 0.1) is 5.92 Å². The lowest BCUT2D eigenvalue weighted by Crippen LogP contribution is -2.55. The molecular weight excluding hydrogens is 442 g/mol. The zero-order valence-corrected chi connectivity index (χ0v) is 18.9. The molecule has 5 N–H and O–H groups in total. The van der Waals surface area contributed by atoms with E-state index in [9.17, 15) is 19.2 Å². The van der Waals surface area contributed by atoms with Crippen molar-refractivity contribution in [2.45, 2.75) is 31.7 Å². The Labute approximate surface area is 195 Å². The van der Waals surface area contributed by atoms with Crippen molar-refractivity contribution >= 4 is 34.9 Å². The molecule has 0 spiro atoms. The number of hydrogen-bond acceptors (Lipinski definition) is 9. The van der Waals surface area contributed by atoms with Crippen molar-refractivity contribution in [3.63, 3.8) is 0 Å². The zero-order chi connectivity index (χ0) is 24.4. The number of carbonyl (C=O) groups excluding carboxylic acids is 4. The van der Waals surface area contributed by atoms with Gasteiger partial charge in [-0.25, -0.2) is 4.79 Å². The third-order valence-electron chi connectivity index (χ3n) is 6.88. The Morgan fingerprint density at radius 1 is 1.26 bits per heavy atom. The van der Waals surface area contributed by atoms with Crippen LogP contribution in [0.5, 0.6) is 0 Å². The summed E-state index contributed by atoms with van der Waals surface area (Å²) in [4.78, 5) is 52.0. The molecule has 3 heterocycles. The fraction of sp³-hybridized carbons (Fsp3) is 0.391. The van der Waals surface area contributed by atoms with Gasteiger partial charge in [0, 0.05) is 49.1 Å². The SMILES string of the molecule is COC12C(COC(N)=O)C3=C(C(=O)C(C)=C(Nc4cccc(NC(C)=O)c4)C3=O)N1CC1NC12. The van der Waals surface area contributed by atoms with Gasteiger partial charge in [-0.1, -0.05) is 6.07 Å². The second kappa shape index (κ2) is 7.67. The van der Waals surface area contributed by atoms with Gasteiger partial charge in [0.15, 0.2) is 5.72 Å². The summed E-state index contributed by atoms with van der Waals surface area (Å²) in [5.41, 5.74) is 6.18. The molecule has 1 aliphatic carbocycles. The van der Waals surface area contributed by atoms with E-state index in [0.717, 1.165) is 0 Å². The topological polar surface area (TPSA) is 162 Å². The van der Waals surface area contributed by atoms with Gasteiger partial charge in [0.05, 0.1) is 23.4 Å². The molecule has 1 aromatic rings. The van der Waals surface area contributed by atoms with Gasteiger partial charge in [-0.15, -0.1) is 0 Å². The third-order valence-corrected chi connectivity index (χ3v) is 6.88. The maximum Gasteiger partial charge on any atom is 0.404 e. The van der Waals surface area contributed by atoms with Crippen molar-refractivity contribution in [1.29, 1.82) is 0 Å². The Hall–Kier alpha value is -3.70. The molecule has 0 aromatic heterocycles. The van der Waals surface area contributed by atoms with Crippen LogP contribution < -0.4 is 21.7 Å². The highest BCUT2D eigenvalue weighted by Gasteiger charge is 2.72. The van der Waals surface area contributed by atoms with E-state index in [1.807, 2.05) is 4.90 Å². The lowest BCUT2D eigenvalue weighted by Gasteiger charge is -2.39. The summed E-state index contributed by atoms with van der Waals surface area (Å²) in [6.07, 6.45) is -0.973. The van der Waals surface area contributed by atoms with Crippen LogP contribution in [0.25, 0.3) is 0 Å². The number of ether oxygens (including phenoxy) is 2. The molecule has 178 valence electrons. The van der Waals surface area contributed by atoms with Crippen LogP contribution in [0.3, 0.4) is 0 Å². The van der Waals surface area contributed by atoms with Gasteiger partial charge in [0.1, 0.15) is 6.61 Å². The Balaban J connectivity index is 1.52. The molecule has 34 heavy (non-hydrogen) atoms. The summed E-state index contributed by atoms with van der Waals surface area (Å²) in [7, 11) is 1.52. The van der Waals surface area contributed by atoms with E-state index in [4.69, 9.17) is 15.2 Å². The van der Waals surface area contributed by atoms with Crippen LogP contribution in [0.15, 0.2) is 46.8 Å². The first-order chi connectivity index (χ1) is 16.2. The van der Waals surface area contributed by atoms with E-state index in [0.29, 0.717) is 17.9 Å². The predicted octanol–water partition coefficient (Wildman–Crippen LogP) is 0.461. The molecule has 0 bridgehead atoms. The normalized spacial score (nSPS) is 29.0. The number of carbonyl (C=O) groups is 4. The Morgan fingerprint density at radius 2 is 2.00 bits per heavy atom. The minimum Gasteiger partial charge on any atom is -0.449 e. The molecule has 4 aliphatic rings. The fourth-order valence-corrected chi connectivity index (χ4v) is 5.46. The van der Waals surface area contributed by atoms with Crippen molar-refractivity contribution in [3.8, 4) is 0 Å². The van der Waals surface area contributed by atoms with Gasteiger partial charge in [0.2, 0.25) is 17.5 Å². The average molecular weight is 467 g/mol. The van der Waals surface area contributed by atoms with Gasteiger partial charge in [0.25, 0.3) is 0 Å². The number of fused-ring (bicyclic) bond motifs is 4. The first kappa shape index (κ1) is 22.1. The maximum absolute atomic E-state index is 13.8. The number of benzene rings is 1. The average Bonchev–Trinajstić information content (AvgIpc) is 3.39. The number of nitrogens with zero attached hydrogens (tertiary/aromatic N) is 1. The second-order valence-electron chi connectivity index (χ2n) is 8.81. The monoisotopic (exact) mass is 467 g/mol. The van der Waals surface area contributed by atoms with Crippen molar-refractivity contribution in [3.05, 3.63) is 46.8 Å². The quantitative estimate of drug-likeness (QED) is 0.344. The first-order valence-electron chi connectivity index (χ1n) is 10.9. The van der Waals surface area contributed by atoms with Gasteiger partial charge < -0.3 is 36.1 Å². The number of anilines is 2. The smallest absolute Gasteiger partial charge is 0.404 e. The number of amides is 2. The minimum atomic E-state index is -1.03. The van der Waals surface area contributed by atoms with E-state index >= 15 is 0 Å². The third kappa shape index (κ3) is 3.11. The number of ketones is 2. The molecule has 11 heteroatoms. The largest absolute Gasteiger partial charge is 0.449 e. The molecule has 0 radical (unpaired) electrons. The molecule has 3 aliphatic heterocycles. The molecule has 5 rings (SSSR count). The lowest BCUT2D eigenvalue weighted by molar-refractivity contribution is -0.137. The Bertz CT molecular complexity index is 1210. The number of Topliss-reactive ketones (excluding diaryl/α,β-unsaturated/α-hetero) is 2. The highest BCUT2D eigenvalue weighted by atomic mass is 16.6. The Kier molecular flexibility index (Phi) is 4.99. The van der Waals surface area contributed by atoms with Crippen molar-refractivity contribution < 1.29 is 28.7 Å². The number of primary amides is 1. The predicted molar refractivity (Wildman–Crippen MR) is 120 cm³/mol. The molecule has 4 atom stereocenters. The number of piperazine rings is 1. The number of allylic oxidation sites excluding steroid dienone is 2. The van der Waals surface area contributed by atoms with Crippen LogP contribution in [-0.4, -0.2) is 66.5 Å². The van der Waals surface area contributed by atoms with E-state index < -0.39 is 17.7 Å². The maximum atomic E-state index is 13.8. The molecule has 11 nitrogen and oxygen atoms in total. The molecule has 2 amide bonds. The first-order valence-corrected chi connectivity index (χ1v) is 10.9. The van der Waals surface area contributed by atoms with Gasteiger partial charge in [-0.2, -0.15) is 0 Å². The highest BCUT2D eigenvalue weighted by molar-refractivity contribution is 6.26. The van der Waals surface area contributed by atoms with E-state index in [1.54, 1.807) is 31.2 Å². The highest BCUT2D eigenvalue weighted by Crippen LogP contribution is 2.55. The number of nitrogens with one attached hydrogen (secondary N) is 3. The fourth-order valence-electron chi connectivity index (χ4n) is 5.46. The van der Waals surface area contributed by atoms with Gasteiger partial charge in [-0.05, 0) is 25.1 Å². The summed E-state index contributed by atoms with van der Waals surface area (Å²) in [6.45, 7) is 3.29. The van der Waals surface area contributed by atoms with E-state index in [-0.39, 0.29) is 58.7 Å². The summed E-state index contributed by atoms with van der Waals surface area (Å²) >= 11 is 0. The molecule has 1 aromatic carbocycles. The van der Waals surface area contributed by atoms with Crippen molar-refractivity contribution in [2.75, 3.05) is 30.9 Å². The zero-order valence-electron chi connectivity index (χ0n) is 18.9. The molecule has 2 saturated heterocycles. The summed E-state index contributed by atoms with van der Waals surface area (Å²) in [6, 6.07) is 6.83. The summed E-state index contributed by atoms with van der Waals surface area (Å²) in [5.74, 6) is -1.61.